The smallest absolute Gasteiger partial charge is 0.154 e. The summed E-state index contributed by atoms with van der Waals surface area (Å²) >= 11 is 6.13. The van der Waals surface area contributed by atoms with E-state index in [4.69, 9.17) is 17.3 Å². The van der Waals surface area contributed by atoms with Crippen molar-refractivity contribution >= 4 is 11.6 Å². The number of aryl methyl sites for hydroxylation is 1. The van der Waals surface area contributed by atoms with Crippen LogP contribution in [0.5, 0.6) is 0 Å². The first-order valence-electron chi connectivity index (χ1n) is 5.54. The Bertz CT molecular complexity index is 521. The van der Waals surface area contributed by atoms with Crippen LogP contribution in [-0.4, -0.2) is 14.8 Å². The van der Waals surface area contributed by atoms with Crippen molar-refractivity contribution in [3.63, 3.8) is 0 Å². The molecule has 0 bridgehead atoms. The monoisotopic (exact) mass is 250 g/mol. The molecule has 0 aliphatic rings. The highest BCUT2D eigenvalue weighted by Crippen LogP contribution is 2.25. The molecular weight excluding hydrogens is 236 g/mol. The summed E-state index contributed by atoms with van der Waals surface area (Å²) in [7, 11) is 0. The third-order valence-electron chi connectivity index (χ3n) is 2.80. The largest absolute Gasteiger partial charge is 0.318 e. The summed E-state index contributed by atoms with van der Waals surface area (Å²) in [5, 5.41) is 8.84. The number of halogens is 1. The van der Waals surface area contributed by atoms with Crippen molar-refractivity contribution in [1.29, 1.82) is 0 Å². The van der Waals surface area contributed by atoms with E-state index in [1.807, 2.05) is 42.7 Å². The molecule has 1 aromatic heterocycles. The first kappa shape index (κ1) is 12.1. The Morgan fingerprint density at radius 1 is 1.35 bits per heavy atom. The van der Waals surface area contributed by atoms with Gasteiger partial charge in [-0.2, -0.15) is 0 Å². The highest BCUT2D eigenvalue weighted by Gasteiger charge is 2.18. The molecule has 0 saturated heterocycles. The number of rotatable bonds is 3. The van der Waals surface area contributed by atoms with Crippen LogP contribution < -0.4 is 5.73 Å². The maximum Gasteiger partial charge on any atom is 0.154 e. The first-order chi connectivity index (χ1) is 8.15. The van der Waals surface area contributed by atoms with Gasteiger partial charge in [-0.3, -0.25) is 0 Å². The highest BCUT2D eigenvalue weighted by molar-refractivity contribution is 6.31. The van der Waals surface area contributed by atoms with Gasteiger partial charge in [0.25, 0.3) is 0 Å². The fourth-order valence-electron chi connectivity index (χ4n) is 1.88. The fraction of sp³-hybridized carbons (Fsp3) is 0.333. The molecule has 0 saturated carbocycles. The van der Waals surface area contributed by atoms with E-state index in [2.05, 4.69) is 10.2 Å². The van der Waals surface area contributed by atoms with Crippen molar-refractivity contribution in [2.75, 3.05) is 0 Å². The van der Waals surface area contributed by atoms with Gasteiger partial charge in [0.2, 0.25) is 0 Å². The van der Waals surface area contributed by atoms with Crippen molar-refractivity contribution in [2.24, 2.45) is 5.73 Å². The fourth-order valence-corrected chi connectivity index (χ4v) is 2.14. The summed E-state index contributed by atoms with van der Waals surface area (Å²) in [4.78, 5) is 0. The molecular formula is C12H15ClN4. The number of benzene rings is 1. The van der Waals surface area contributed by atoms with E-state index in [0.717, 1.165) is 23.8 Å². The van der Waals surface area contributed by atoms with Crippen LogP contribution in [0.15, 0.2) is 24.3 Å². The van der Waals surface area contributed by atoms with Crippen molar-refractivity contribution in [3.05, 3.63) is 46.5 Å². The highest BCUT2D eigenvalue weighted by atomic mass is 35.5. The van der Waals surface area contributed by atoms with Crippen molar-refractivity contribution < 1.29 is 0 Å². The summed E-state index contributed by atoms with van der Waals surface area (Å²) in [6.07, 6.45) is 0. The summed E-state index contributed by atoms with van der Waals surface area (Å²) < 4.78 is 1.99. The molecule has 5 heteroatoms. The van der Waals surface area contributed by atoms with E-state index in [9.17, 15) is 0 Å². The van der Waals surface area contributed by atoms with Gasteiger partial charge in [-0.1, -0.05) is 29.8 Å². The Kier molecular flexibility index (Phi) is 3.45. The third-order valence-corrected chi connectivity index (χ3v) is 3.14. The number of nitrogens with two attached hydrogens (primary N) is 1. The van der Waals surface area contributed by atoms with E-state index >= 15 is 0 Å². The maximum atomic E-state index is 6.20. The minimum Gasteiger partial charge on any atom is -0.318 e. The Hall–Kier alpha value is -1.39. The van der Waals surface area contributed by atoms with Crippen LogP contribution >= 0.6 is 11.6 Å². The summed E-state index contributed by atoms with van der Waals surface area (Å²) in [6.45, 7) is 4.75. The summed E-state index contributed by atoms with van der Waals surface area (Å²) in [5.74, 6) is 1.61. The third kappa shape index (κ3) is 2.18. The summed E-state index contributed by atoms with van der Waals surface area (Å²) in [5.41, 5.74) is 7.07. The topological polar surface area (TPSA) is 56.7 Å². The normalized spacial score (nSPS) is 12.7. The molecule has 1 aromatic carbocycles. The molecule has 2 aromatic rings. The summed E-state index contributed by atoms with van der Waals surface area (Å²) in [6, 6.07) is 7.20. The van der Waals surface area contributed by atoms with Gasteiger partial charge in [-0.25, -0.2) is 0 Å². The zero-order valence-corrected chi connectivity index (χ0v) is 10.6. The standard InChI is InChI=1S/C12H15ClN4/c1-3-17-8(2)15-16-12(17)11(14)9-6-4-5-7-10(9)13/h4-7,11H,3,14H2,1-2H3/t11-/m1/s1. The Balaban J connectivity index is 2.44. The average Bonchev–Trinajstić information content (AvgIpc) is 2.70. The Labute approximate surface area is 105 Å². The van der Waals surface area contributed by atoms with Crippen LogP contribution in [0.2, 0.25) is 5.02 Å². The second-order valence-corrected chi connectivity index (χ2v) is 4.26. The van der Waals surface area contributed by atoms with Gasteiger partial charge in [0.05, 0.1) is 6.04 Å². The molecule has 90 valence electrons. The average molecular weight is 251 g/mol. The van der Waals surface area contributed by atoms with Gasteiger partial charge < -0.3 is 10.3 Å². The van der Waals surface area contributed by atoms with Crippen molar-refractivity contribution in [2.45, 2.75) is 26.4 Å². The lowest BCUT2D eigenvalue weighted by Gasteiger charge is -2.14. The van der Waals surface area contributed by atoms with E-state index < -0.39 is 0 Å². The first-order valence-corrected chi connectivity index (χ1v) is 5.92. The molecule has 17 heavy (non-hydrogen) atoms. The van der Waals surface area contributed by atoms with Crippen LogP contribution in [-0.2, 0) is 6.54 Å². The molecule has 1 atom stereocenters. The van der Waals surface area contributed by atoms with Crippen molar-refractivity contribution in [1.82, 2.24) is 14.8 Å². The predicted molar refractivity (Wildman–Crippen MR) is 67.9 cm³/mol. The molecule has 0 unspecified atom stereocenters. The molecule has 2 rings (SSSR count). The second-order valence-electron chi connectivity index (χ2n) is 3.85. The molecule has 0 aliphatic carbocycles. The molecule has 4 nitrogen and oxygen atoms in total. The Morgan fingerprint density at radius 2 is 2.06 bits per heavy atom. The van der Waals surface area contributed by atoms with Gasteiger partial charge in [-0.05, 0) is 25.5 Å². The number of nitrogens with zero attached hydrogens (tertiary/aromatic N) is 3. The molecule has 0 aliphatic heterocycles. The minimum absolute atomic E-state index is 0.343. The number of aromatic nitrogens is 3. The molecule has 0 fully saturated rings. The zero-order chi connectivity index (χ0) is 12.4. The lowest BCUT2D eigenvalue weighted by molar-refractivity contribution is 0.644. The van der Waals surface area contributed by atoms with Gasteiger partial charge in [0, 0.05) is 11.6 Å². The number of hydrogen-bond acceptors (Lipinski definition) is 3. The molecule has 0 amide bonds. The maximum absolute atomic E-state index is 6.20. The SMILES string of the molecule is CCn1c(C)nnc1[C@H](N)c1ccccc1Cl. The van der Waals surface area contributed by atoms with Crippen molar-refractivity contribution in [3.8, 4) is 0 Å². The molecule has 1 heterocycles. The minimum atomic E-state index is -0.343. The lowest BCUT2D eigenvalue weighted by atomic mass is 10.1. The van der Waals surface area contributed by atoms with Crippen LogP contribution in [0.1, 0.15) is 30.2 Å². The number of hydrogen-bond donors (Lipinski definition) is 1. The van der Waals surface area contributed by atoms with E-state index in [1.54, 1.807) is 0 Å². The van der Waals surface area contributed by atoms with Gasteiger partial charge in [0.15, 0.2) is 5.82 Å². The van der Waals surface area contributed by atoms with Crippen LogP contribution in [0.25, 0.3) is 0 Å². The second kappa shape index (κ2) is 4.85. The quantitative estimate of drug-likeness (QED) is 0.910. The van der Waals surface area contributed by atoms with Crippen LogP contribution in [0, 0.1) is 6.92 Å². The van der Waals surface area contributed by atoms with Crippen LogP contribution in [0.4, 0.5) is 0 Å². The predicted octanol–water partition coefficient (Wildman–Crippen LogP) is 2.31. The van der Waals surface area contributed by atoms with Gasteiger partial charge >= 0.3 is 0 Å². The zero-order valence-electron chi connectivity index (χ0n) is 9.89. The van der Waals surface area contributed by atoms with Crippen LogP contribution in [0.3, 0.4) is 0 Å². The molecule has 2 N–H and O–H groups in total. The van der Waals surface area contributed by atoms with Gasteiger partial charge in [-0.15, -0.1) is 10.2 Å². The Morgan fingerprint density at radius 3 is 2.71 bits per heavy atom. The van der Waals surface area contributed by atoms with E-state index in [1.165, 1.54) is 0 Å². The van der Waals surface area contributed by atoms with E-state index in [-0.39, 0.29) is 6.04 Å². The van der Waals surface area contributed by atoms with Gasteiger partial charge in [0.1, 0.15) is 5.82 Å². The van der Waals surface area contributed by atoms with E-state index in [0.29, 0.717) is 5.02 Å². The lowest BCUT2D eigenvalue weighted by Crippen LogP contribution is -2.18. The molecule has 0 radical (unpaired) electrons. The molecule has 0 spiro atoms.